The molecular weight excluding hydrogens is 622 g/mol. The van der Waals surface area contributed by atoms with E-state index in [1.807, 2.05) is 30.3 Å². The van der Waals surface area contributed by atoms with Crippen LogP contribution in [0.4, 0.5) is 0 Å². The minimum absolute atomic E-state index is 0. The first-order valence-corrected chi connectivity index (χ1v) is 16.3. The second-order valence-electron chi connectivity index (χ2n) is 10.9. The Labute approximate surface area is 271 Å². The third-order valence-corrected chi connectivity index (χ3v) is 8.90. The zero-order chi connectivity index (χ0) is 30.8. The molecule has 0 radical (unpaired) electrons. The van der Waals surface area contributed by atoms with Crippen molar-refractivity contribution in [2.75, 3.05) is 26.2 Å². The Bertz CT molecular complexity index is 1400. The normalized spacial score (nSPS) is 18.8. The van der Waals surface area contributed by atoms with Crippen LogP contribution in [0, 0.1) is 5.92 Å². The Morgan fingerprint density at radius 3 is 2.25 bits per heavy atom. The molecular formula is C30H40ClN7O4S2. The van der Waals surface area contributed by atoms with Crippen LogP contribution in [0.2, 0.25) is 0 Å². The lowest BCUT2D eigenvalue weighted by Gasteiger charge is -2.23. The average Bonchev–Trinajstić information content (AvgIpc) is 3.68. The predicted molar refractivity (Wildman–Crippen MR) is 174 cm³/mol. The van der Waals surface area contributed by atoms with Gasteiger partial charge in [-0.05, 0) is 37.2 Å². The molecule has 4 rings (SSSR count). The Morgan fingerprint density at radius 2 is 1.59 bits per heavy atom. The SMILES string of the molecule is CC(C)CC1NC(=O)CCCN(C(=O)CN)CCCNC(=O)c2csc(n2)[C@H](Cc2ccccc2)NC(=O)c2csc1n2.Cl. The van der Waals surface area contributed by atoms with E-state index >= 15 is 0 Å². The van der Waals surface area contributed by atoms with E-state index in [2.05, 4.69) is 39.8 Å². The maximum Gasteiger partial charge on any atom is 0.271 e. The summed E-state index contributed by atoms with van der Waals surface area (Å²) in [6.07, 6.45) is 2.36. The fraction of sp³-hybridized carbons (Fsp3) is 0.467. The molecule has 1 aliphatic heterocycles. The second kappa shape index (κ2) is 17.2. The van der Waals surface area contributed by atoms with Crippen LogP contribution in [-0.4, -0.2) is 64.7 Å². The summed E-state index contributed by atoms with van der Waals surface area (Å²) in [4.78, 5) is 62.5. The number of nitrogens with zero attached hydrogens (tertiary/aromatic N) is 3. The van der Waals surface area contributed by atoms with E-state index in [1.165, 1.54) is 22.7 Å². The number of amides is 4. The van der Waals surface area contributed by atoms with Crippen LogP contribution in [0.25, 0.3) is 0 Å². The monoisotopic (exact) mass is 661 g/mol. The number of nitrogens with two attached hydrogens (primary N) is 1. The molecule has 0 saturated carbocycles. The molecule has 44 heavy (non-hydrogen) atoms. The van der Waals surface area contributed by atoms with Crippen LogP contribution in [-0.2, 0) is 16.0 Å². The van der Waals surface area contributed by atoms with Crippen molar-refractivity contribution in [2.45, 2.75) is 58.0 Å². The third kappa shape index (κ3) is 10.1. The molecule has 1 aliphatic rings. The Hall–Kier alpha value is -3.39. The lowest BCUT2D eigenvalue weighted by atomic mass is 10.0. The fourth-order valence-electron chi connectivity index (χ4n) is 4.83. The van der Waals surface area contributed by atoms with Crippen molar-refractivity contribution in [3.63, 3.8) is 0 Å². The lowest BCUT2D eigenvalue weighted by molar-refractivity contribution is -0.130. The quantitative estimate of drug-likeness (QED) is 0.325. The van der Waals surface area contributed by atoms with Gasteiger partial charge in [-0.15, -0.1) is 35.1 Å². The topological polar surface area (TPSA) is 159 Å². The minimum atomic E-state index is -0.484. The maximum absolute atomic E-state index is 13.4. The van der Waals surface area contributed by atoms with Gasteiger partial charge in [-0.25, -0.2) is 9.97 Å². The number of carbonyl (C=O) groups is 4. The van der Waals surface area contributed by atoms with Crippen molar-refractivity contribution >= 4 is 58.7 Å². The fourth-order valence-corrected chi connectivity index (χ4v) is 6.54. The van der Waals surface area contributed by atoms with Crippen LogP contribution >= 0.6 is 35.1 Å². The molecule has 2 aromatic heterocycles. The molecule has 0 saturated heterocycles. The number of hydrogen-bond acceptors (Lipinski definition) is 9. The molecule has 238 valence electrons. The van der Waals surface area contributed by atoms with E-state index in [9.17, 15) is 19.2 Å². The molecule has 4 bridgehead atoms. The van der Waals surface area contributed by atoms with E-state index in [0.717, 1.165) is 5.56 Å². The minimum Gasteiger partial charge on any atom is -0.351 e. The van der Waals surface area contributed by atoms with Crippen LogP contribution in [0.1, 0.15) is 88.2 Å². The second-order valence-corrected chi connectivity index (χ2v) is 12.7. The first kappa shape index (κ1) is 35.1. The van der Waals surface area contributed by atoms with Crippen LogP contribution in [0.3, 0.4) is 0 Å². The highest BCUT2D eigenvalue weighted by molar-refractivity contribution is 7.10. The van der Waals surface area contributed by atoms with Gasteiger partial charge >= 0.3 is 0 Å². The number of rotatable bonds is 5. The van der Waals surface area contributed by atoms with E-state index in [0.29, 0.717) is 55.3 Å². The van der Waals surface area contributed by atoms with Gasteiger partial charge in [0.25, 0.3) is 11.8 Å². The van der Waals surface area contributed by atoms with Gasteiger partial charge in [0, 0.05) is 36.8 Å². The molecule has 4 amide bonds. The van der Waals surface area contributed by atoms with E-state index in [4.69, 9.17) is 5.73 Å². The summed E-state index contributed by atoms with van der Waals surface area (Å²) in [7, 11) is 0. The van der Waals surface area contributed by atoms with Crippen molar-refractivity contribution < 1.29 is 19.2 Å². The van der Waals surface area contributed by atoms with Crippen molar-refractivity contribution in [2.24, 2.45) is 11.7 Å². The van der Waals surface area contributed by atoms with Crippen molar-refractivity contribution in [1.82, 2.24) is 30.8 Å². The van der Waals surface area contributed by atoms with E-state index < -0.39 is 6.04 Å². The number of thiazole rings is 2. The van der Waals surface area contributed by atoms with E-state index in [1.54, 1.807) is 15.7 Å². The van der Waals surface area contributed by atoms with Crippen molar-refractivity contribution in [3.05, 3.63) is 68.1 Å². The number of nitrogens with one attached hydrogen (secondary N) is 3. The molecule has 3 heterocycles. The highest BCUT2D eigenvalue weighted by atomic mass is 35.5. The lowest BCUT2D eigenvalue weighted by Crippen LogP contribution is -2.39. The van der Waals surface area contributed by atoms with Crippen LogP contribution < -0.4 is 21.7 Å². The van der Waals surface area contributed by atoms with Crippen molar-refractivity contribution in [1.29, 1.82) is 0 Å². The van der Waals surface area contributed by atoms with Gasteiger partial charge in [-0.3, -0.25) is 19.2 Å². The molecule has 3 aromatic rings. The van der Waals surface area contributed by atoms with Gasteiger partial charge in [0.2, 0.25) is 11.8 Å². The largest absolute Gasteiger partial charge is 0.351 e. The molecule has 1 unspecified atom stereocenters. The van der Waals surface area contributed by atoms with E-state index in [-0.39, 0.29) is 72.3 Å². The summed E-state index contributed by atoms with van der Waals surface area (Å²) >= 11 is 2.64. The summed E-state index contributed by atoms with van der Waals surface area (Å²) in [5, 5.41) is 13.7. The van der Waals surface area contributed by atoms with Gasteiger partial charge in [0.05, 0.1) is 18.6 Å². The van der Waals surface area contributed by atoms with Gasteiger partial charge < -0.3 is 26.6 Å². The Kier molecular flexibility index (Phi) is 13.7. The first-order chi connectivity index (χ1) is 20.7. The molecule has 0 spiro atoms. The standard InChI is InChI=1S/C30H39N7O4S2.ClH/c1-19(2)14-21-29-36-24(18-43-29)28(41)34-22(15-20-8-4-3-5-9-20)30-35-23(17-42-30)27(40)32-11-7-13-37(26(39)16-31)12-6-10-25(38)33-21;/h3-5,8-9,17-19,21-22H,6-7,10-16,31H2,1-2H3,(H,32,40)(H,33,38)(H,34,41);1H/t21?,22-;/m0./s1. The maximum atomic E-state index is 13.4. The van der Waals surface area contributed by atoms with Crippen LogP contribution in [0.5, 0.6) is 0 Å². The number of fused-ring (bicyclic) bond motifs is 4. The smallest absolute Gasteiger partial charge is 0.271 e. The summed E-state index contributed by atoms with van der Waals surface area (Å²) in [5.41, 5.74) is 7.16. The molecule has 14 heteroatoms. The highest BCUT2D eigenvalue weighted by Gasteiger charge is 2.25. The molecule has 1 aromatic carbocycles. The summed E-state index contributed by atoms with van der Waals surface area (Å²) in [6.45, 7) is 5.14. The zero-order valence-electron chi connectivity index (χ0n) is 24.9. The number of halogens is 1. The van der Waals surface area contributed by atoms with Gasteiger partial charge in [0.1, 0.15) is 21.4 Å². The van der Waals surface area contributed by atoms with Crippen molar-refractivity contribution in [3.8, 4) is 0 Å². The molecule has 2 atom stereocenters. The number of carbonyl (C=O) groups excluding carboxylic acids is 4. The summed E-state index contributed by atoms with van der Waals surface area (Å²) < 4.78 is 0. The van der Waals surface area contributed by atoms with Crippen LogP contribution in [0.15, 0.2) is 41.1 Å². The summed E-state index contributed by atoms with van der Waals surface area (Å²) in [6, 6.07) is 8.93. The number of hydrogen-bond donors (Lipinski definition) is 4. The predicted octanol–water partition coefficient (Wildman–Crippen LogP) is 3.64. The molecule has 5 N–H and O–H groups in total. The zero-order valence-corrected chi connectivity index (χ0v) is 27.4. The number of aromatic nitrogens is 2. The molecule has 11 nitrogen and oxygen atoms in total. The average molecular weight is 662 g/mol. The van der Waals surface area contributed by atoms with Gasteiger partial charge in [0.15, 0.2) is 0 Å². The number of benzene rings is 1. The Balaban J connectivity index is 0.00000529. The molecule has 0 aliphatic carbocycles. The first-order valence-electron chi connectivity index (χ1n) is 14.5. The highest BCUT2D eigenvalue weighted by Crippen LogP contribution is 2.27. The summed E-state index contributed by atoms with van der Waals surface area (Å²) in [5.74, 6) is -0.748. The van der Waals surface area contributed by atoms with Gasteiger partial charge in [-0.2, -0.15) is 0 Å². The Morgan fingerprint density at radius 1 is 0.955 bits per heavy atom. The van der Waals surface area contributed by atoms with Gasteiger partial charge in [-0.1, -0.05) is 44.2 Å². The third-order valence-electron chi connectivity index (χ3n) is 6.99. The molecule has 0 fully saturated rings.